The normalized spacial score (nSPS) is 10.5. The lowest BCUT2D eigenvalue weighted by molar-refractivity contribution is -0.385. The number of nitrogens with zero attached hydrogens (tertiary/aromatic N) is 2. The molecule has 8 nitrogen and oxygen atoms in total. The van der Waals surface area contributed by atoms with Gasteiger partial charge >= 0.3 is 5.97 Å². The molecule has 2 aromatic carbocycles. The molecular weight excluding hydrogens is 362 g/mol. The van der Waals surface area contributed by atoms with Crippen LogP contribution < -0.4 is 5.73 Å². The first-order chi connectivity index (χ1) is 13.4. The van der Waals surface area contributed by atoms with Crippen LogP contribution in [0.25, 0.3) is 5.69 Å². The number of carbonyl (C=O) groups is 2. The summed E-state index contributed by atoms with van der Waals surface area (Å²) >= 11 is 0. The number of nitrogens with two attached hydrogens (primary N) is 1. The SMILES string of the molecule is Cc1ccc(C(=O)OCc2ccc(C(N)=O)cc2[N+](=O)[O-])cc1-n1cccc1. The molecule has 3 aromatic rings. The second-order valence-electron chi connectivity index (χ2n) is 6.13. The maximum absolute atomic E-state index is 12.4. The Bertz CT molecular complexity index is 1060. The van der Waals surface area contributed by atoms with Crippen LogP contribution in [0.2, 0.25) is 0 Å². The van der Waals surface area contributed by atoms with Gasteiger partial charge in [0.25, 0.3) is 5.69 Å². The molecule has 0 aliphatic rings. The lowest BCUT2D eigenvalue weighted by Gasteiger charge is -2.10. The predicted octanol–water partition coefficient (Wildman–Crippen LogP) is 3.15. The summed E-state index contributed by atoms with van der Waals surface area (Å²) in [5, 5.41) is 11.2. The van der Waals surface area contributed by atoms with Gasteiger partial charge in [0.2, 0.25) is 5.91 Å². The van der Waals surface area contributed by atoms with E-state index in [9.17, 15) is 19.7 Å². The highest BCUT2D eigenvalue weighted by atomic mass is 16.6. The number of rotatable bonds is 6. The van der Waals surface area contributed by atoms with Gasteiger partial charge in [-0.2, -0.15) is 0 Å². The Kier molecular flexibility index (Phi) is 5.21. The van der Waals surface area contributed by atoms with Crippen molar-refractivity contribution in [3.8, 4) is 5.69 Å². The van der Waals surface area contributed by atoms with Crippen LogP contribution in [0.1, 0.15) is 31.8 Å². The number of nitro groups is 1. The number of nitro benzene ring substituents is 1. The smallest absolute Gasteiger partial charge is 0.338 e. The van der Waals surface area contributed by atoms with Crippen molar-refractivity contribution in [2.24, 2.45) is 5.73 Å². The number of ether oxygens (including phenoxy) is 1. The average Bonchev–Trinajstić information content (AvgIpc) is 3.20. The van der Waals surface area contributed by atoms with Crippen molar-refractivity contribution in [2.75, 3.05) is 0 Å². The van der Waals surface area contributed by atoms with Crippen LogP contribution in [0.5, 0.6) is 0 Å². The van der Waals surface area contributed by atoms with Gasteiger partial charge in [-0.1, -0.05) is 6.07 Å². The summed E-state index contributed by atoms with van der Waals surface area (Å²) in [4.78, 5) is 34.2. The molecule has 3 rings (SSSR count). The molecular formula is C20H17N3O5. The number of primary amides is 1. The number of hydrogen-bond donors (Lipinski definition) is 1. The first kappa shape index (κ1) is 18.8. The number of hydrogen-bond acceptors (Lipinski definition) is 5. The number of esters is 1. The lowest BCUT2D eigenvalue weighted by Crippen LogP contribution is -2.12. The van der Waals surface area contributed by atoms with Gasteiger partial charge < -0.3 is 15.0 Å². The minimum atomic E-state index is -0.774. The molecule has 1 heterocycles. The highest BCUT2D eigenvalue weighted by Crippen LogP contribution is 2.22. The van der Waals surface area contributed by atoms with E-state index in [0.717, 1.165) is 17.3 Å². The zero-order valence-corrected chi connectivity index (χ0v) is 15.0. The van der Waals surface area contributed by atoms with Crippen molar-refractivity contribution in [1.29, 1.82) is 0 Å². The molecule has 0 bridgehead atoms. The molecule has 0 spiro atoms. The zero-order chi connectivity index (χ0) is 20.3. The van der Waals surface area contributed by atoms with E-state index in [-0.39, 0.29) is 23.4 Å². The minimum Gasteiger partial charge on any atom is -0.457 e. The van der Waals surface area contributed by atoms with Gasteiger partial charge in [-0.05, 0) is 48.9 Å². The molecule has 2 N–H and O–H groups in total. The molecule has 1 amide bonds. The summed E-state index contributed by atoms with van der Waals surface area (Å²) in [5.74, 6) is -1.38. The van der Waals surface area contributed by atoms with Crippen molar-refractivity contribution in [2.45, 2.75) is 13.5 Å². The fraction of sp³-hybridized carbons (Fsp3) is 0.100. The highest BCUT2D eigenvalue weighted by Gasteiger charge is 2.18. The number of benzene rings is 2. The Morgan fingerprint density at radius 3 is 2.43 bits per heavy atom. The van der Waals surface area contributed by atoms with Crippen molar-refractivity contribution in [3.63, 3.8) is 0 Å². The predicted molar refractivity (Wildman–Crippen MR) is 101 cm³/mol. The van der Waals surface area contributed by atoms with Gasteiger partial charge in [-0.25, -0.2) is 4.79 Å². The third kappa shape index (κ3) is 3.90. The van der Waals surface area contributed by atoms with Crippen LogP contribution in [0.4, 0.5) is 5.69 Å². The topological polar surface area (TPSA) is 117 Å². The summed E-state index contributed by atoms with van der Waals surface area (Å²) in [6.45, 7) is 1.62. The van der Waals surface area contributed by atoms with Crippen LogP contribution in [0.3, 0.4) is 0 Å². The molecule has 8 heteroatoms. The van der Waals surface area contributed by atoms with Gasteiger partial charge in [0.1, 0.15) is 6.61 Å². The molecule has 0 fully saturated rings. The van der Waals surface area contributed by atoms with Crippen molar-refractivity contribution < 1.29 is 19.2 Å². The molecule has 142 valence electrons. The quantitative estimate of drug-likeness (QED) is 0.401. The summed E-state index contributed by atoms with van der Waals surface area (Å²) in [5.41, 5.74) is 7.13. The molecule has 0 saturated carbocycles. The molecule has 28 heavy (non-hydrogen) atoms. The third-order valence-corrected chi connectivity index (χ3v) is 4.25. The molecule has 1 aromatic heterocycles. The molecule has 0 aliphatic heterocycles. The average molecular weight is 379 g/mol. The van der Waals surface area contributed by atoms with Gasteiger partial charge in [0.15, 0.2) is 0 Å². The van der Waals surface area contributed by atoms with Crippen LogP contribution in [0.15, 0.2) is 60.9 Å². The van der Waals surface area contributed by atoms with E-state index in [0.29, 0.717) is 5.56 Å². The summed E-state index contributed by atoms with van der Waals surface area (Å²) in [6, 6.07) is 12.7. The van der Waals surface area contributed by atoms with Crippen LogP contribution >= 0.6 is 0 Å². The van der Waals surface area contributed by atoms with E-state index < -0.39 is 16.8 Å². The Hall–Kier alpha value is -3.94. The molecule has 0 saturated heterocycles. The zero-order valence-electron chi connectivity index (χ0n) is 15.0. The first-order valence-electron chi connectivity index (χ1n) is 8.35. The first-order valence-corrected chi connectivity index (χ1v) is 8.35. The summed E-state index contributed by atoms with van der Waals surface area (Å²) < 4.78 is 7.12. The standard InChI is InChI=1S/C20H17N3O5/c1-13-4-5-15(11-17(13)22-8-2-3-9-22)20(25)28-12-16-7-6-14(19(21)24)10-18(16)23(26)27/h2-11H,12H2,1H3,(H2,21,24). The number of carbonyl (C=O) groups excluding carboxylic acids is 2. The summed E-state index contributed by atoms with van der Waals surface area (Å²) in [7, 11) is 0. The minimum absolute atomic E-state index is 0.0108. The van der Waals surface area contributed by atoms with Crippen LogP contribution in [-0.4, -0.2) is 21.4 Å². The van der Waals surface area contributed by atoms with Crippen LogP contribution in [-0.2, 0) is 11.3 Å². The highest BCUT2D eigenvalue weighted by molar-refractivity contribution is 5.93. The van der Waals surface area contributed by atoms with Crippen LogP contribution in [0, 0.1) is 17.0 Å². The van der Waals surface area contributed by atoms with E-state index in [1.807, 2.05) is 36.0 Å². The largest absolute Gasteiger partial charge is 0.457 e. The van der Waals surface area contributed by atoms with E-state index >= 15 is 0 Å². The van der Waals surface area contributed by atoms with Crippen molar-refractivity contribution in [1.82, 2.24) is 4.57 Å². The van der Waals surface area contributed by atoms with Gasteiger partial charge in [-0.3, -0.25) is 14.9 Å². The number of aryl methyl sites for hydroxylation is 1. The monoisotopic (exact) mass is 379 g/mol. The van der Waals surface area contributed by atoms with E-state index in [1.165, 1.54) is 12.1 Å². The number of amides is 1. The second-order valence-corrected chi connectivity index (χ2v) is 6.13. The second kappa shape index (κ2) is 7.75. The summed E-state index contributed by atoms with van der Waals surface area (Å²) in [6.07, 6.45) is 3.72. The van der Waals surface area contributed by atoms with Crippen molar-refractivity contribution in [3.05, 3.63) is 93.3 Å². The molecule has 0 aliphatic carbocycles. The number of aromatic nitrogens is 1. The van der Waals surface area contributed by atoms with Gasteiger partial charge in [0.05, 0.1) is 16.1 Å². The maximum atomic E-state index is 12.4. The van der Waals surface area contributed by atoms with E-state index in [1.54, 1.807) is 18.2 Å². The van der Waals surface area contributed by atoms with E-state index in [4.69, 9.17) is 10.5 Å². The lowest BCUT2D eigenvalue weighted by atomic mass is 10.1. The van der Waals surface area contributed by atoms with Crippen molar-refractivity contribution >= 4 is 17.6 Å². The fourth-order valence-corrected chi connectivity index (χ4v) is 2.75. The Balaban J connectivity index is 1.80. The van der Waals surface area contributed by atoms with Gasteiger partial charge in [-0.15, -0.1) is 0 Å². The molecule has 0 radical (unpaired) electrons. The maximum Gasteiger partial charge on any atom is 0.338 e. The Morgan fingerprint density at radius 1 is 1.11 bits per heavy atom. The Labute approximate surface area is 160 Å². The third-order valence-electron chi connectivity index (χ3n) is 4.25. The molecule has 0 unspecified atom stereocenters. The van der Waals surface area contributed by atoms with E-state index in [2.05, 4.69) is 0 Å². The Morgan fingerprint density at radius 2 is 1.79 bits per heavy atom. The fourth-order valence-electron chi connectivity index (χ4n) is 2.75. The van der Waals surface area contributed by atoms with Gasteiger partial charge in [0, 0.05) is 29.7 Å². The molecule has 0 atom stereocenters.